The Balaban J connectivity index is 0.000000254. The fourth-order valence-electron chi connectivity index (χ4n) is 6.18. The Labute approximate surface area is 341 Å². The first-order valence-corrected chi connectivity index (χ1v) is 19.0. The summed E-state index contributed by atoms with van der Waals surface area (Å²) in [6, 6.07) is 36.5. The molecule has 5 aromatic rings. The van der Waals surface area contributed by atoms with Gasteiger partial charge in [-0.2, -0.15) is 5.26 Å². The van der Waals surface area contributed by atoms with E-state index in [1.54, 1.807) is 61.7 Å². The van der Waals surface area contributed by atoms with Gasteiger partial charge >= 0.3 is 5.97 Å². The smallest absolute Gasteiger partial charge is 0.315 e. The van der Waals surface area contributed by atoms with Crippen molar-refractivity contribution in [1.82, 2.24) is 10.4 Å². The lowest BCUT2D eigenvalue weighted by atomic mass is 9.88. The van der Waals surface area contributed by atoms with Crippen LogP contribution in [0.3, 0.4) is 0 Å². The molecule has 5 aromatic carbocycles. The van der Waals surface area contributed by atoms with Gasteiger partial charge < -0.3 is 14.2 Å². The largest absolute Gasteiger partial charge is 0.496 e. The van der Waals surface area contributed by atoms with Gasteiger partial charge in [-0.25, -0.2) is 5.01 Å². The molecule has 2 atom stereocenters. The number of hydrogen-bond acceptors (Lipinski definition) is 7. The molecule has 0 aliphatic rings. The summed E-state index contributed by atoms with van der Waals surface area (Å²) in [6.07, 6.45) is -1.04. The highest BCUT2D eigenvalue weighted by molar-refractivity contribution is 6.30. The van der Waals surface area contributed by atoms with Crippen LogP contribution in [0.4, 0.5) is 0 Å². The number of para-hydroxylation sites is 1. The summed E-state index contributed by atoms with van der Waals surface area (Å²) < 4.78 is 16.7. The molecule has 0 saturated heterocycles. The zero-order valence-corrected chi connectivity index (χ0v) is 34.7. The number of halogens is 1. The van der Waals surface area contributed by atoms with Crippen LogP contribution in [0.25, 0.3) is 0 Å². The summed E-state index contributed by atoms with van der Waals surface area (Å²) in [5, 5.41) is 11.6. The minimum atomic E-state index is -1.04. The molecule has 0 aliphatic carbocycles. The molecular weight excluding hydrogens is 738 g/mol. The third kappa shape index (κ3) is 11.9. The zero-order chi connectivity index (χ0) is 41.9. The maximum Gasteiger partial charge on any atom is 0.315 e. The molecule has 0 aliphatic heterocycles. The maximum absolute atomic E-state index is 13.2. The molecule has 0 heterocycles. The number of nitriles is 1. The minimum Gasteiger partial charge on any atom is -0.496 e. The van der Waals surface area contributed by atoms with Gasteiger partial charge in [-0.1, -0.05) is 91.2 Å². The molecule has 0 unspecified atom stereocenters. The molecule has 2 amide bonds. The molecule has 0 radical (unpaired) electrons. The highest BCUT2D eigenvalue weighted by atomic mass is 35.5. The Hall–Kier alpha value is -6.11. The molecule has 5 rings (SSSR count). The molecule has 9 nitrogen and oxygen atoms in total. The van der Waals surface area contributed by atoms with Crippen LogP contribution >= 0.6 is 11.6 Å². The second-order valence-corrected chi connectivity index (χ2v) is 15.4. The second-order valence-electron chi connectivity index (χ2n) is 15.0. The summed E-state index contributed by atoms with van der Waals surface area (Å²) in [6.45, 7) is 15.2. The Morgan fingerprint density at radius 1 is 0.772 bits per heavy atom. The molecular formula is C47H50ClN3O6. The highest BCUT2D eigenvalue weighted by Crippen LogP contribution is 2.31. The number of nitrogens with one attached hydrogen (secondary N) is 1. The molecule has 0 saturated carbocycles. The number of rotatable bonds is 10. The van der Waals surface area contributed by atoms with Crippen LogP contribution in [-0.2, 0) is 9.53 Å². The molecule has 0 aromatic heterocycles. The number of carbonyl (C=O) groups is 3. The number of carbonyl (C=O) groups excluding carboxylic acids is 3. The van der Waals surface area contributed by atoms with Gasteiger partial charge in [-0.3, -0.25) is 19.8 Å². The van der Waals surface area contributed by atoms with Gasteiger partial charge in [0.1, 0.15) is 23.3 Å². The van der Waals surface area contributed by atoms with Crippen LogP contribution in [0.5, 0.6) is 17.2 Å². The van der Waals surface area contributed by atoms with E-state index in [1.807, 2.05) is 116 Å². The van der Waals surface area contributed by atoms with E-state index in [1.165, 1.54) is 5.01 Å². The summed E-state index contributed by atoms with van der Waals surface area (Å²) in [5.74, 6) is 0.324. The van der Waals surface area contributed by atoms with Crippen LogP contribution in [0.15, 0.2) is 115 Å². The SMILES string of the molecule is CC(C)[C@H](C(=O)O[C@H](C#N)c1cccc(Oc2ccccc2)c1)c1ccc(Cl)cc1.COc1cccc(C(=O)NN(C(=O)c2cc(C)cc(C)c2)C(C)(C)C)c1C. The van der Waals surface area contributed by atoms with Crippen molar-refractivity contribution in [2.24, 2.45) is 5.92 Å². The molecule has 296 valence electrons. The standard InChI is InChI=1S/C25H22ClNO3.C22H28N2O3/c1-17(2)24(18-11-13-20(26)14-12-18)25(28)30-23(16-27)19-7-6-10-22(15-19)29-21-8-4-3-5-9-21;1-14-11-15(2)13-17(12-14)21(26)24(22(4,5)6)23-20(25)18-9-8-10-19(27-7)16(18)3/h3-15,17,23-24H,1-2H3;8-13H,1-7H3,(H,23,25)/t23-,24+;/m1./s1. The normalized spacial score (nSPS) is 11.9. The fourth-order valence-corrected chi connectivity index (χ4v) is 6.31. The van der Waals surface area contributed by atoms with E-state index in [4.69, 9.17) is 25.8 Å². The van der Waals surface area contributed by atoms with Crippen molar-refractivity contribution in [2.75, 3.05) is 7.11 Å². The van der Waals surface area contributed by atoms with Crippen molar-refractivity contribution in [1.29, 1.82) is 5.26 Å². The first kappa shape index (κ1) is 43.6. The second kappa shape index (κ2) is 19.7. The van der Waals surface area contributed by atoms with E-state index in [9.17, 15) is 19.6 Å². The lowest BCUT2D eigenvalue weighted by Gasteiger charge is -2.35. The molecule has 0 fully saturated rings. The number of nitrogens with zero attached hydrogens (tertiary/aromatic N) is 2. The van der Waals surface area contributed by atoms with Crippen LogP contribution < -0.4 is 14.9 Å². The van der Waals surface area contributed by atoms with E-state index in [0.717, 1.165) is 22.3 Å². The zero-order valence-electron chi connectivity index (χ0n) is 33.9. The lowest BCUT2D eigenvalue weighted by molar-refractivity contribution is -0.150. The number of esters is 1. The quantitative estimate of drug-likeness (QED) is 0.111. The Morgan fingerprint density at radius 3 is 1.96 bits per heavy atom. The van der Waals surface area contributed by atoms with E-state index in [2.05, 4.69) is 11.5 Å². The number of aryl methyl sites for hydroxylation is 2. The highest BCUT2D eigenvalue weighted by Gasteiger charge is 2.31. The van der Waals surface area contributed by atoms with Gasteiger partial charge in [-0.05, 0) is 114 Å². The van der Waals surface area contributed by atoms with Gasteiger partial charge in [0.25, 0.3) is 11.8 Å². The first-order chi connectivity index (χ1) is 27.0. The average molecular weight is 788 g/mol. The Morgan fingerprint density at radius 2 is 1.39 bits per heavy atom. The van der Waals surface area contributed by atoms with Gasteiger partial charge in [0.05, 0.1) is 18.6 Å². The summed E-state index contributed by atoms with van der Waals surface area (Å²) in [4.78, 5) is 39.0. The van der Waals surface area contributed by atoms with Crippen molar-refractivity contribution in [2.45, 2.75) is 73.0 Å². The maximum atomic E-state index is 13.2. The Kier molecular flexibility index (Phi) is 15.0. The monoisotopic (exact) mass is 787 g/mol. The van der Waals surface area contributed by atoms with Crippen LogP contribution in [0.1, 0.15) is 95.2 Å². The number of methoxy groups -OCH3 is 1. The number of hydrogen-bond donors (Lipinski definition) is 1. The van der Waals surface area contributed by atoms with Crippen molar-refractivity contribution in [3.63, 3.8) is 0 Å². The van der Waals surface area contributed by atoms with Gasteiger partial charge in [0.2, 0.25) is 6.10 Å². The predicted octanol–water partition coefficient (Wildman–Crippen LogP) is 10.9. The fraction of sp³-hybridized carbons (Fsp3) is 0.277. The van der Waals surface area contributed by atoms with E-state index < -0.39 is 23.5 Å². The third-order valence-electron chi connectivity index (χ3n) is 8.95. The molecule has 0 spiro atoms. The molecule has 10 heteroatoms. The molecule has 57 heavy (non-hydrogen) atoms. The number of amides is 2. The van der Waals surface area contributed by atoms with Gasteiger partial charge in [-0.15, -0.1) is 0 Å². The van der Waals surface area contributed by atoms with Crippen LogP contribution in [-0.4, -0.2) is 35.4 Å². The van der Waals surface area contributed by atoms with Gasteiger partial charge in [0.15, 0.2) is 0 Å². The average Bonchev–Trinajstić information content (AvgIpc) is 3.16. The van der Waals surface area contributed by atoms with Crippen molar-refractivity contribution in [3.8, 4) is 23.3 Å². The number of hydrazine groups is 1. The molecule has 0 bridgehead atoms. The van der Waals surface area contributed by atoms with E-state index >= 15 is 0 Å². The third-order valence-corrected chi connectivity index (χ3v) is 9.20. The summed E-state index contributed by atoms with van der Waals surface area (Å²) >= 11 is 5.96. The van der Waals surface area contributed by atoms with Crippen molar-refractivity contribution >= 4 is 29.4 Å². The topological polar surface area (TPSA) is 118 Å². The Bertz CT molecular complexity index is 2190. The van der Waals surface area contributed by atoms with Crippen molar-refractivity contribution in [3.05, 3.63) is 159 Å². The molecule has 1 N–H and O–H groups in total. The number of benzene rings is 5. The van der Waals surface area contributed by atoms with Gasteiger partial charge in [0, 0.05) is 27.3 Å². The lowest BCUT2D eigenvalue weighted by Crippen LogP contribution is -2.56. The summed E-state index contributed by atoms with van der Waals surface area (Å²) in [5.41, 5.74) is 7.30. The number of ether oxygens (including phenoxy) is 3. The van der Waals surface area contributed by atoms with E-state index in [0.29, 0.717) is 39.0 Å². The van der Waals surface area contributed by atoms with Crippen LogP contribution in [0, 0.1) is 38.0 Å². The summed E-state index contributed by atoms with van der Waals surface area (Å²) in [7, 11) is 1.56. The minimum absolute atomic E-state index is 0.00855. The first-order valence-electron chi connectivity index (χ1n) is 18.6. The van der Waals surface area contributed by atoms with E-state index in [-0.39, 0.29) is 17.7 Å². The van der Waals surface area contributed by atoms with Crippen LogP contribution in [0.2, 0.25) is 5.02 Å². The van der Waals surface area contributed by atoms with Crippen molar-refractivity contribution < 1.29 is 28.6 Å². The predicted molar refractivity (Wildman–Crippen MR) is 223 cm³/mol.